The smallest absolute Gasteiger partial charge is 0.282 e. The van der Waals surface area contributed by atoms with Gasteiger partial charge in [-0.05, 0) is 64.1 Å². The Balaban J connectivity index is 2.06. The van der Waals surface area contributed by atoms with Gasteiger partial charge in [-0.1, -0.05) is 23.2 Å². The van der Waals surface area contributed by atoms with Gasteiger partial charge >= 0.3 is 0 Å². The molecule has 0 spiro atoms. The molecule has 0 aliphatic carbocycles. The predicted octanol–water partition coefficient (Wildman–Crippen LogP) is 4.44. The summed E-state index contributed by atoms with van der Waals surface area (Å²) < 4.78 is 11.3. The summed E-state index contributed by atoms with van der Waals surface area (Å²) in [6.45, 7) is 8.90. The summed E-state index contributed by atoms with van der Waals surface area (Å²) in [5.74, 6) is 1.29. The van der Waals surface area contributed by atoms with Crippen LogP contribution in [0.3, 0.4) is 0 Å². The Morgan fingerprint density at radius 1 is 1.04 bits per heavy atom. The number of quaternary nitrogens is 1. The molecule has 5 nitrogen and oxygen atoms in total. The summed E-state index contributed by atoms with van der Waals surface area (Å²) in [5, 5.41) is 5.79. The maximum atomic E-state index is 12.6. The summed E-state index contributed by atoms with van der Waals surface area (Å²) in [7, 11) is 0. The van der Waals surface area contributed by atoms with E-state index < -0.39 is 0 Å². The number of hydrogen-bond donors (Lipinski definition) is 2. The number of amides is 1. The number of hydrogen-bond acceptors (Lipinski definition) is 3. The van der Waals surface area contributed by atoms with Crippen LogP contribution in [0.4, 0.5) is 5.69 Å². The van der Waals surface area contributed by atoms with Crippen LogP contribution in [0, 0.1) is 0 Å². The second-order valence-corrected chi connectivity index (χ2v) is 7.30. The number of carbonyl (C=O) groups excluding carboxylic acids is 1. The number of rotatable bonds is 9. The maximum Gasteiger partial charge on any atom is 0.282 e. The number of halogens is 2. The fraction of sp³-hybridized carbons (Fsp3) is 0.381. The standard InChI is InChI=1S/C21H26Cl2N2O3/c1-5-27-19-10-7-15(11-20(19)28-6-2)13(3)24-14(4)21(26)25-18-12-16(22)8-9-17(18)23/h7-14,24H,5-6H2,1-4H3,(H,25,26)/p+1/t13-,14-/m0/s1. The molecule has 2 aromatic rings. The highest BCUT2D eigenvalue weighted by Crippen LogP contribution is 2.30. The Kier molecular flexibility index (Phi) is 8.42. The van der Waals surface area contributed by atoms with Gasteiger partial charge in [0, 0.05) is 10.6 Å². The Morgan fingerprint density at radius 3 is 2.39 bits per heavy atom. The second-order valence-electron chi connectivity index (χ2n) is 6.46. The molecule has 0 heterocycles. The van der Waals surface area contributed by atoms with Gasteiger partial charge in [0.25, 0.3) is 5.91 Å². The van der Waals surface area contributed by atoms with Crippen molar-refractivity contribution in [3.8, 4) is 11.5 Å². The van der Waals surface area contributed by atoms with Crippen molar-refractivity contribution in [1.29, 1.82) is 0 Å². The Bertz CT molecular complexity index is 814. The maximum absolute atomic E-state index is 12.6. The molecule has 0 bridgehead atoms. The first-order valence-electron chi connectivity index (χ1n) is 9.36. The van der Waals surface area contributed by atoms with Gasteiger partial charge in [-0.2, -0.15) is 0 Å². The number of anilines is 1. The average Bonchev–Trinajstić information content (AvgIpc) is 2.66. The van der Waals surface area contributed by atoms with Crippen LogP contribution in [-0.4, -0.2) is 25.2 Å². The van der Waals surface area contributed by atoms with Crippen LogP contribution >= 0.6 is 23.2 Å². The van der Waals surface area contributed by atoms with Crippen molar-refractivity contribution < 1.29 is 19.6 Å². The first-order valence-corrected chi connectivity index (χ1v) is 10.1. The van der Waals surface area contributed by atoms with E-state index in [1.165, 1.54) is 0 Å². The molecule has 2 rings (SSSR count). The quantitative estimate of drug-likeness (QED) is 0.623. The number of nitrogens with one attached hydrogen (secondary N) is 1. The molecular formula is C21H27Cl2N2O3+. The van der Waals surface area contributed by atoms with Crippen molar-refractivity contribution in [2.45, 2.75) is 39.8 Å². The van der Waals surface area contributed by atoms with Crippen molar-refractivity contribution in [2.75, 3.05) is 18.5 Å². The topological polar surface area (TPSA) is 64.2 Å². The summed E-state index contributed by atoms with van der Waals surface area (Å²) in [6.07, 6.45) is 0. The molecule has 2 aromatic carbocycles. The zero-order valence-electron chi connectivity index (χ0n) is 16.6. The molecule has 7 heteroatoms. The molecule has 0 unspecified atom stereocenters. The van der Waals surface area contributed by atoms with E-state index in [1.54, 1.807) is 18.2 Å². The molecule has 0 saturated heterocycles. The number of nitrogens with two attached hydrogens (primary N) is 1. The average molecular weight is 426 g/mol. The molecule has 0 aliphatic rings. The minimum absolute atomic E-state index is 0.0467. The van der Waals surface area contributed by atoms with Crippen LogP contribution in [0.1, 0.15) is 39.3 Å². The van der Waals surface area contributed by atoms with Crippen LogP contribution in [0.15, 0.2) is 36.4 Å². The van der Waals surface area contributed by atoms with Gasteiger partial charge in [0.05, 0.1) is 23.9 Å². The zero-order chi connectivity index (χ0) is 20.7. The van der Waals surface area contributed by atoms with Crippen molar-refractivity contribution in [3.63, 3.8) is 0 Å². The molecule has 152 valence electrons. The molecular weight excluding hydrogens is 399 g/mol. The van der Waals surface area contributed by atoms with E-state index in [2.05, 4.69) is 5.32 Å². The van der Waals surface area contributed by atoms with E-state index in [0.29, 0.717) is 34.7 Å². The van der Waals surface area contributed by atoms with Crippen molar-refractivity contribution in [2.24, 2.45) is 0 Å². The molecule has 0 saturated carbocycles. The zero-order valence-corrected chi connectivity index (χ0v) is 18.1. The highest BCUT2D eigenvalue weighted by atomic mass is 35.5. The van der Waals surface area contributed by atoms with E-state index >= 15 is 0 Å². The lowest BCUT2D eigenvalue weighted by atomic mass is 10.1. The monoisotopic (exact) mass is 425 g/mol. The third-order valence-electron chi connectivity index (χ3n) is 4.27. The summed E-state index contributed by atoms with van der Waals surface area (Å²) in [5.41, 5.74) is 1.55. The molecule has 0 aromatic heterocycles. The summed E-state index contributed by atoms with van der Waals surface area (Å²) >= 11 is 12.1. The third-order valence-corrected chi connectivity index (χ3v) is 4.84. The normalized spacial score (nSPS) is 12.9. The molecule has 0 radical (unpaired) electrons. The lowest BCUT2D eigenvalue weighted by Gasteiger charge is -2.19. The molecule has 1 amide bonds. The fourth-order valence-electron chi connectivity index (χ4n) is 2.82. The molecule has 3 N–H and O–H groups in total. The lowest BCUT2D eigenvalue weighted by molar-refractivity contribution is -0.709. The van der Waals surface area contributed by atoms with Crippen molar-refractivity contribution in [1.82, 2.24) is 0 Å². The Morgan fingerprint density at radius 2 is 1.71 bits per heavy atom. The fourth-order valence-corrected chi connectivity index (χ4v) is 3.16. The Hall–Kier alpha value is -1.95. The van der Waals surface area contributed by atoms with Crippen LogP contribution in [0.5, 0.6) is 11.5 Å². The number of ether oxygens (including phenoxy) is 2. The van der Waals surface area contributed by atoms with Crippen molar-refractivity contribution >= 4 is 34.8 Å². The largest absolute Gasteiger partial charge is 0.490 e. The van der Waals surface area contributed by atoms with E-state index in [9.17, 15) is 4.79 Å². The van der Waals surface area contributed by atoms with Crippen LogP contribution in [0.25, 0.3) is 0 Å². The van der Waals surface area contributed by atoms with Gasteiger partial charge in [-0.3, -0.25) is 4.79 Å². The van der Waals surface area contributed by atoms with Gasteiger partial charge in [-0.25, -0.2) is 0 Å². The van der Waals surface area contributed by atoms with E-state index in [1.807, 2.05) is 51.2 Å². The van der Waals surface area contributed by atoms with Gasteiger partial charge in [0.1, 0.15) is 6.04 Å². The molecule has 0 fully saturated rings. The highest BCUT2D eigenvalue weighted by molar-refractivity contribution is 6.35. The van der Waals surface area contributed by atoms with Gasteiger partial charge in [0.15, 0.2) is 17.5 Å². The molecule has 0 aliphatic heterocycles. The SMILES string of the molecule is CCOc1ccc([C@H](C)[NH2+][C@@H](C)C(=O)Nc2cc(Cl)ccc2Cl)cc1OCC. The van der Waals surface area contributed by atoms with Crippen LogP contribution in [-0.2, 0) is 4.79 Å². The van der Waals surface area contributed by atoms with Crippen LogP contribution < -0.4 is 20.1 Å². The second kappa shape index (κ2) is 10.6. The molecule has 28 heavy (non-hydrogen) atoms. The van der Waals surface area contributed by atoms with Crippen molar-refractivity contribution in [3.05, 3.63) is 52.0 Å². The highest BCUT2D eigenvalue weighted by Gasteiger charge is 2.22. The first kappa shape index (κ1) is 22.3. The van der Waals surface area contributed by atoms with E-state index in [-0.39, 0.29) is 18.0 Å². The first-order chi connectivity index (χ1) is 13.3. The third kappa shape index (κ3) is 6.03. The Labute approximate surface area is 176 Å². The lowest BCUT2D eigenvalue weighted by Crippen LogP contribution is -2.91. The summed E-state index contributed by atoms with van der Waals surface area (Å²) in [4.78, 5) is 12.6. The number of carbonyl (C=O) groups is 1. The van der Waals surface area contributed by atoms with Gasteiger partial charge in [0.2, 0.25) is 0 Å². The number of benzene rings is 2. The van der Waals surface area contributed by atoms with E-state index in [0.717, 1.165) is 11.3 Å². The minimum atomic E-state index is -0.327. The van der Waals surface area contributed by atoms with Gasteiger partial charge in [-0.15, -0.1) is 0 Å². The molecule has 2 atom stereocenters. The summed E-state index contributed by atoms with van der Waals surface area (Å²) in [6, 6.07) is 10.6. The van der Waals surface area contributed by atoms with Gasteiger partial charge < -0.3 is 20.1 Å². The van der Waals surface area contributed by atoms with E-state index in [4.69, 9.17) is 32.7 Å². The minimum Gasteiger partial charge on any atom is -0.490 e. The van der Waals surface area contributed by atoms with Crippen LogP contribution in [0.2, 0.25) is 10.0 Å². The predicted molar refractivity (Wildman–Crippen MR) is 114 cm³/mol.